The van der Waals surface area contributed by atoms with Gasteiger partial charge in [0, 0.05) is 38.9 Å². The summed E-state index contributed by atoms with van der Waals surface area (Å²) in [5.41, 5.74) is 0.676. The molecule has 1 aromatic heterocycles. The van der Waals surface area contributed by atoms with Gasteiger partial charge in [0.25, 0.3) is 0 Å². The van der Waals surface area contributed by atoms with Gasteiger partial charge in [0.2, 0.25) is 0 Å². The third kappa shape index (κ3) is 4.10. The molecule has 0 fully saturated rings. The number of aliphatic carboxylic acids is 1. The first kappa shape index (κ1) is 21.6. The first-order valence-corrected chi connectivity index (χ1v) is 10.3. The quantitative estimate of drug-likeness (QED) is 0.365. The molecule has 154 valence electrons. The van der Waals surface area contributed by atoms with Gasteiger partial charge in [-0.2, -0.15) is 0 Å². The normalized spacial score (nSPS) is 10.6. The van der Waals surface area contributed by atoms with E-state index in [9.17, 15) is 9.59 Å². The van der Waals surface area contributed by atoms with E-state index < -0.39 is 18.5 Å². The maximum atomic E-state index is 12.1. The number of carbonyl (C=O) groups is 2. The summed E-state index contributed by atoms with van der Waals surface area (Å²) in [4.78, 5) is 23.8. The molecular weight excluding hydrogens is 424 g/mol. The van der Waals surface area contributed by atoms with Gasteiger partial charge in [-0.15, -0.1) is 0 Å². The zero-order valence-electron chi connectivity index (χ0n) is 16.1. The zero-order valence-corrected chi connectivity index (χ0v) is 17.7. The molecule has 0 aliphatic carbocycles. The zero-order chi connectivity index (χ0) is 20.4. The van der Waals surface area contributed by atoms with Gasteiger partial charge in [0.05, 0.1) is 13.5 Å². The van der Waals surface area contributed by atoms with E-state index in [0.717, 1.165) is 4.90 Å². The van der Waals surface area contributed by atoms with Gasteiger partial charge in [-0.3, -0.25) is 4.79 Å². The van der Waals surface area contributed by atoms with Crippen molar-refractivity contribution < 1.29 is 36.6 Å². The highest BCUT2D eigenvalue weighted by Gasteiger charge is 2.24. The number of hydrogen-bond donors (Lipinski definition) is 1. The number of esters is 1. The largest absolute Gasteiger partial charge is 1.00 e. The molecule has 0 saturated carbocycles. The van der Waals surface area contributed by atoms with Crippen LogP contribution in [0.2, 0.25) is 0 Å². The van der Waals surface area contributed by atoms with Crippen LogP contribution in [-0.2, 0) is 20.7 Å². The number of benzene rings is 3. The summed E-state index contributed by atoms with van der Waals surface area (Å²) in [6.45, 7) is -0.647. The highest BCUT2D eigenvalue weighted by atomic mass is 35.5. The summed E-state index contributed by atoms with van der Waals surface area (Å²) >= 11 is 0. The summed E-state index contributed by atoms with van der Waals surface area (Å²) in [6.07, 6.45) is -0.0508. The van der Waals surface area contributed by atoms with Crippen LogP contribution < -0.4 is 17.1 Å². The molecule has 0 aliphatic heterocycles. The monoisotopic (exact) mass is 442 g/mol. The Balaban J connectivity index is 0.00000256. The van der Waals surface area contributed by atoms with Gasteiger partial charge in [-0.25, -0.2) is 4.79 Å². The molecular formula is C23H19ClO5S. The number of methoxy groups -OCH3 is 1. The number of carboxylic acid groups (broad SMARTS) is 1. The van der Waals surface area contributed by atoms with Crippen molar-refractivity contribution in [2.75, 3.05) is 13.7 Å². The predicted molar refractivity (Wildman–Crippen MR) is 114 cm³/mol. The highest BCUT2D eigenvalue weighted by molar-refractivity contribution is 7.50. The maximum absolute atomic E-state index is 12.1. The number of carboxylic acids is 1. The lowest BCUT2D eigenvalue weighted by atomic mass is 10.1. The van der Waals surface area contributed by atoms with Gasteiger partial charge in [0.15, 0.2) is 20.9 Å². The summed E-state index contributed by atoms with van der Waals surface area (Å²) in [6, 6.07) is 22.6. The van der Waals surface area contributed by atoms with E-state index in [1.165, 1.54) is 20.2 Å². The summed E-state index contributed by atoms with van der Waals surface area (Å²) in [5.74, 6) is -1.21. The van der Waals surface area contributed by atoms with Crippen molar-refractivity contribution in [3.8, 4) is 10.6 Å². The summed E-state index contributed by atoms with van der Waals surface area (Å²) < 4.78 is 12.7. The van der Waals surface area contributed by atoms with Gasteiger partial charge in [-0.05, 0) is 30.3 Å². The molecule has 7 heteroatoms. The Labute approximate surface area is 182 Å². The lowest BCUT2D eigenvalue weighted by molar-refractivity contribution is -0.154. The molecule has 0 radical (unpaired) electrons. The van der Waals surface area contributed by atoms with Crippen LogP contribution in [0.15, 0.2) is 66.7 Å². The number of fused-ring (bicyclic) bond motifs is 3. The van der Waals surface area contributed by atoms with E-state index in [-0.39, 0.29) is 29.3 Å². The van der Waals surface area contributed by atoms with Crippen LogP contribution in [0.1, 0.15) is 5.56 Å². The topological polar surface area (TPSA) is 72.8 Å². The second-order valence-electron chi connectivity index (χ2n) is 6.50. The number of carbonyl (C=O) groups excluding carboxylic acids is 1. The smallest absolute Gasteiger partial charge is 0.341 e. The van der Waals surface area contributed by atoms with Crippen LogP contribution in [0.5, 0.6) is 5.75 Å². The van der Waals surface area contributed by atoms with Crippen LogP contribution >= 0.6 is 10.5 Å². The Bertz CT molecular complexity index is 1180. The summed E-state index contributed by atoms with van der Waals surface area (Å²) in [5, 5.41) is 11.2. The molecule has 1 heterocycles. The molecule has 30 heavy (non-hydrogen) atoms. The predicted octanol–water partition coefficient (Wildman–Crippen LogP) is 1.91. The van der Waals surface area contributed by atoms with Crippen molar-refractivity contribution in [1.29, 1.82) is 0 Å². The lowest BCUT2D eigenvalue weighted by Gasteiger charge is -2.08. The van der Waals surface area contributed by atoms with E-state index in [1.54, 1.807) is 7.11 Å². The number of hydrogen-bond acceptors (Lipinski definition) is 4. The van der Waals surface area contributed by atoms with Gasteiger partial charge >= 0.3 is 11.9 Å². The fourth-order valence-corrected chi connectivity index (χ4v) is 5.91. The minimum atomic E-state index is -1.18. The van der Waals surface area contributed by atoms with E-state index in [4.69, 9.17) is 14.6 Å². The van der Waals surface area contributed by atoms with Crippen LogP contribution in [0.4, 0.5) is 0 Å². The Kier molecular flexibility index (Phi) is 6.59. The Morgan fingerprint density at radius 1 is 0.933 bits per heavy atom. The highest BCUT2D eigenvalue weighted by Crippen LogP contribution is 2.48. The molecule has 0 spiro atoms. The Morgan fingerprint density at radius 2 is 1.53 bits per heavy atom. The average Bonchev–Trinajstić information content (AvgIpc) is 3.07. The number of halogens is 1. The lowest BCUT2D eigenvalue weighted by Crippen LogP contribution is -3.00. The van der Waals surface area contributed by atoms with Crippen molar-refractivity contribution in [1.82, 2.24) is 0 Å². The Hall–Kier alpha value is -3.09. The van der Waals surface area contributed by atoms with Crippen molar-refractivity contribution in [2.24, 2.45) is 0 Å². The van der Waals surface area contributed by atoms with E-state index in [2.05, 4.69) is 24.3 Å². The first-order valence-electron chi connectivity index (χ1n) is 9.05. The fourth-order valence-electron chi connectivity index (χ4n) is 3.48. The molecule has 0 bridgehead atoms. The average molecular weight is 443 g/mol. The van der Waals surface area contributed by atoms with E-state index in [1.807, 2.05) is 42.5 Å². The van der Waals surface area contributed by atoms with Crippen molar-refractivity contribution >= 4 is 42.6 Å². The molecule has 4 rings (SSSR count). The molecule has 3 aromatic carbocycles. The number of thiophene rings is 1. The molecule has 4 aromatic rings. The fraction of sp³-hybridized carbons (Fsp3) is 0.130. The van der Waals surface area contributed by atoms with Crippen LogP contribution in [0.25, 0.3) is 25.1 Å². The van der Waals surface area contributed by atoms with E-state index in [0.29, 0.717) is 11.3 Å². The number of ether oxygens (including phenoxy) is 2. The Morgan fingerprint density at radius 3 is 2.10 bits per heavy atom. The molecule has 5 nitrogen and oxygen atoms in total. The molecule has 0 saturated heterocycles. The standard InChI is InChI=1S/C23H18O5S.ClH/c1-27-19-11-10-16(12-15(19)13-23(26)28-14-22(24)25)29-20-8-4-2-6-17(20)18-7-3-5-9-21(18)29;/h2-12H,13-14H2,1H3;1H. The van der Waals surface area contributed by atoms with Crippen LogP contribution in [0.3, 0.4) is 0 Å². The SMILES string of the molecule is COc1ccc(-[s+]2c3ccccc3c3ccccc32)cc1CC(=O)OCC(=O)O.[Cl-]. The van der Waals surface area contributed by atoms with Crippen molar-refractivity contribution in [2.45, 2.75) is 6.42 Å². The minimum Gasteiger partial charge on any atom is -1.00 e. The molecule has 0 aliphatic rings. The van der Waals surface area contributed by atoms with Crippen molar-refractivity contribution in [3.63, 3.8) is 0 Å². The molecule has 0 unspecified atom stereocenters. The van der Waals surface area contributed by atoms with Gasteiger partial charge in [0.1, 0.15) is 5.75 Å². The molecule has 0 atom stereocenters. The number of rotatable bonds is 6. The van der Waals surface area contributed by atoms with Gasteiger partial charge in [-0.1, -0.05) is 24.3 Å². The van der Waals surface area contributed by atoms with Gasteiger partial charge < -0.3 is 27.0 Å². The third-order valence-corrected chi connectivity index (χ3v) is 7.00. The van der Waals surface area contributed by atoms with Crippen molar-refractivity contribution in [3.05, 3.63) is 72.3 Å². The summed E-state index contributed by atoms with van der Waals surface area (Å²) in [7, 11) is 1.26. The minimum absolute atomic E-state index is 0. The third-order valence-electron chi connectivity index (χ3n) is 4.68. The molecule has 0 amide bonds. The van der Waals surface area contributed by atoms with Crippen LogP contribution in [0, 0.1) is 0 Å². The maximum Gasteiger partial charge on any atom is 0.341 e. The first-order chi connectivity index (χ1) is 14.1. The second kappa shape index (κ2) is 9.15. The van der Waals surface area contributed by atoms with Crippen LogP contribution in [-0.4, -0.2) is 30.8 Å². The molecule has 1 N–H and O–H groups in total. The van der Waals surface area contributed by atoms with E-state index >= 15 is 0 Å². The second-order valence-corrected chi connectivity index (χ2v) is 8.47.